The lowest BCUT2D eigenvalue weighted by molar-refractivity contribution is -0.113. The molecule has 1 aliphatic rings. The van der Waals surface area contributed by atoms with E-state index in [0.717, 1.165) is 9.26 Å². The van der Waals surface area contributed by atoms with E-state index < -0.39 is 0 Å². The number of anilines is 1. The van der Waals surface area contributed by atoms with Gasteiger partial charge in [0.1, 0.15) is 5.71 Å². The van der Waals surface area contributed by atoms with Crippen LogP contribution in [0.1, 0.15) is 17.3 Å². The highest BCUT2D eigenvalue weighted by Crippen LogP contribution is 2.24. The molecule has 2 aromatic carbocycles. The Morgan fingerprint density at radius 2 is 1.89 bits per heavy atom. The number of nitrogens with one attached hydrogen (secondary N) is 1. The second kappa shape index (κ2) is 8.24. The highest BCUT2D eigenvalue weighted by Gasteiger charge is 2.40. The first-order valence-electron chi connectivity index (χ1n) is 8.20. The maximum absolute atomic E-state index is 12.8. The van der Waals surface area contributed by atoms with Crippen molar-refractivity contribution in [3.8, 4) is 0 Å². The van der Waals surface area contributed by atoms with Gasteiger partial charge in [-0.1, -0.05) is 24.3 Å². The first kappa shape index (κ1) is 19.6. The number of aliphatic imine (C=N–C) groups is 1. The molecule has 1 fully saturated rings. The molecule has 8 heteroatoms. The van der Waals surface area contributed by atoms with Crippen molar-refractivity contribution in [3.63, 3.8) is 0 Å². The number of thiocarbonyl (C=S) groups is 1. The van der Waals surface area contributed by atoms with Crippen molar-refractivity contribution in [2.24, 2.45) is 4.99 Å². The van der Waals surface area contributed by atoms with Crippen LogP contribution in [-0.2, 0) is 4.79 Å². The molecule has 2 aromatic rings. The van der Waals surface area contributed by atoms with Gasteiger partial charge in [-0.3, -0.25) is 14.9 Å². The van der Waals surface area contributed by atoms with E-state index in [4.69, 9.17) is 12.2 Å². The molecule has 1 atom stereocenters. The molecule has 1 unspecified atom stereocenters. The SMILES string of the molecule is CC1C(=NC(=S)NC(=O)c2cccc(I)c2)C(=O)N(c2ccccc2)N1C. The van der Waals surface area contributed by atoms with Gasteiger partial charge < -0.3 is 0 Å². The summed E-state index contributed by atoms with van der Waals surface area (Å²) in [4.78, 5) is 29.4. The summed E-state index contributed by atoms with van der Waals surface area (Å²) in [5.41, 5.74) is 1.52. The van der Waals surface area contributed by atoms with E-state index in [1.807, 2.05) is 50.4 Å². The zero-order chi connectivity index (χ0) is 19.6. The Morgan fingerprint density at radius 3 is 2.56 bits per heavy atom. The zero-order valence-corrected chi connectivity index (χ0v) is 17.7. The Hall–Kier alpha value is -2.17. The smallest absolute Gasteiger partial charge is 0.289 e. The molecule has 1 heterocycles. The van der Waals surface area contributed by atoms with Gasteiger partial charge >= 0.3 is 0 Å². The summed E-state index contributed by atoms with van der Waals surface area (Å²) in [5, 5.41) is 5.88. The van der Waals surface area contributed by atoms with Crippen LogP contribution in [-0.4, -0.2) is 40.7 Å². The fourth-order valence-corrected chi connectivity index (χ4v) is 3.46. The maximum Gasteiger partial charge on any atom is 0.289 e. The molecular formula is C19H17IN4O2S. The molecule has 0 spiro atoms. The van der Waals surface area contributed by atoms with E-state index in [9.17, 15) is 9.59 Å². The fraction of sp³-hybridized carbons (Fsp3) is 0.158. The van der Waals surface area contributed by atoms with Crippen molar-refractivity contribution >= 4 is 63.1 Å². The van der Waals surface area contributed by atoms with Gasteiger partial charge in [0.15, 0.2) is 5.11 Å². The third-order valence-electron chi connectivity index (χ3n) is 4.21. The first-order chi connectivity index (χ1) is 12.9. The van der Waals surface area contributed by atoms with Crippen LogP contribution < -0.4 is 10.3 Å². The number of para-hydroxylation sites is 1. The summed E-state index contributed by atoms with van der Waals surface area (Å²) >= 11 is 7.32. The molecule has 0 radical (unpaired) electrons. The van der Waals surface area contributed by atoms with Crippen LogP contribution in [0.15, 0.2) is 59.6 Å². The van der Waals surface area contributed by atoms with Gasteiger partial charge in [0.2, 0.25) is 0 Å². The highest BCUT2D eigenvalue weighted by atomic mass is 127. The third-order valence-corrected chi connectivity index (χ3v) is 5.08. The minimum absolute atomic E-state index is 0.0302. The lowest BCUT2D eigenvalue weighted by Crippen LogP contribution is -2.38. The van der Waals surface area contributed by atoms with Gasteiger partial charge in [-0.25, -0.2) is 15.0 Å². The van der Waals surface area contributed by atoms with Gasteiger partial charge in [0, 0.05) is 16.2 Å². The monoisotopic (exact) mass is 492 g/mol. The van der Waals surface area contributed by atoms with Crippen molar-refractivity contribution in [3.05, 3.63) is 63.7 Å². The maximum atomic E-state index is 12.8. The number of carbonyl (C=O) groups is 2. The standard InChI is InChI=1S/C19H17IN4O2S/c1-12-16(18(26)24(23(12)2)15-9-4-3-5-10-15)21-19(27)22-17(25)13-7-6-8-14(20)11-13/h3-12H,1-2H3,(H,22,25,27). The molecule has 27 heavy (non-hydrogen) atoms. The normalized spacial score (nSPS) is 18.8. The lowest BCUT2D eigenvalue weighted by atomic mass is 10.2. The summed E-state index contributed by atoms with van der Waals surface area (Å²) in [6.45, 7) is 1.86. The molecule has 0 aromatic heterocycles. The topological polar surface area (TPSA) is 65.0 Å². The predicted molar refractivity (Wildman–Crippen MR) is 118 cm³/mol. The van der Waals surface area contributed by atoms with E-state index >= 15 is 0 Å². The molecule has 0 bridgehead atoms. The summed E-state index contributed by atoms with van der Waals surface area (Å²) in [6.07, 6.45) is 0. The number of carbonyl (C=O) groups excluding carboxylic acids is 2. The van der Waals surface area contributed by atoms with Gasteiger partial charge in [0.25, 0.3) is 11.8 Å². The first-order valence-corrected chi connectivity index (χ1v) is 9.69. The van der Waals surface area contributed by atoms with E-state index in [1.165, 1.54) is 0 Å². The second-order valence-corrected chi connectivity index (χ2v) is 7.60. The van der Waals surface area contributed by atoms with Crippen LogP contribution >= 0.6 is 34.8 Å². The quantitative estimate of drug-likeness (QED) is 0.517. The minimum atomic E-state index is -0.353. The van der Waals surface area contributed by atoms with Gasteiger partial charge in [-0.05, 0) is 72.1 Å². The highest BCUT2D eigenvalue weighted by molar-refractivity contribution is 14.1. The summed E-state index contributed by atoms with van der Waals surface area (Å²) in [6, 6.07) is 16.2. The largest absolute Gasteiger partial charge is 0.297 e. The van der Waals surface area contributed by atoms with E-state index in [-0.39, 0.29) is 28.7 Å². The van der Waals surface area contributed by atoms with Crippen molar-refractivity contribution in [1.29, 1.82) is 0 Å². The Kier molecular flexibility index (Phi) is 5.98. The number of hydrogen-bond acceptors (Lipinski definition) is 4. The summed E-state index contributed by atoms with van der Waals surface area (Å²) in [5.74, 6) is -0.615. The van der Waals surface area contributed by atoms with Crippen LogP contribution in [0, 0.1) is 3.57 Å². The van der Waals surface area contributed by atoms with Gasteiger partial charge in [-0.2, -0.15) is 0 Å². The number of hydrogen-bond donors (Lipinski definition) is 1. The van der Waals surface area contributed by atoms with Crippen molar-refractivity contribution in [2.45, 2.75) is 13.0 Å². The Morgan fingerprint density at radius 1 is 1.19 bits per heavy atom. The molecule has 6 nitrogen and oxygen atoms in total. The molecule has 2 amide bonds. The Balaban J connectivity index is 1.78. The van der Waals surface area contributed by atoms with Crippen LogP contribution in [0.25, 0.3) is 0 Å². The van der Waals surface area contributed by atoms with Crippen LogP contribution in [0.2, 0.25) is 0 Å². The number of benzene rings is 2. The second-order valence-electron chi connectivity index (χ2n) is 5.97. The molecule has 138 valence electrons. The van der Waals surface area contributed by atoms with E-state index in [1.54, 1.807) is 28.2 Å². The Bertz CT molecular complexity index is 932. The van der Waals surface area contributed by atoms with Crippen LogP contribution in [0.3, 0.4) is 0 Å². The molecule has 1 N–H and O–H groups in total. The molecular weight excluding hydrogens is 475 g/mol. The zero-order valence-electron chi connectivity index (χ0n) is 14.7. The van der Waals surface area contributed by atoms with E-state index in [2.05, 4.69) is 32.9 Å². The van der Waals surface area contributed by atoms with Crippen LogP contribution in [0.5, 0.6) is 0 Å². The summed E-state index contributed by atoms with van der Waals surface area (Å²) in [7, 11) is 1.81. The number of hydrazine groups is 1. The number of amides is 2. The van der Waals surface area contributed by atoms with Crippen molar-refractivity contribution in [1.82, 2.24) is 10.3 Å². The number of rotatable bonds is 2. The molecule has 0 saturated carbocycles. The molecule has 1 aliphatic heterocycles. The van der Waals surface area contributed by atoms with Crippen LogP contribution in [0.4, 0.5) is 5.69 Å². The van der Waals surface area contributed by atoms with Crippen molar-refractivity contribution in [2.75, 3.05) is 12.1 Å². The average Bonchev–Trinajstić information content (AvgIpc) is 2.86. The van der Waals surface area contributed by atoms with Gasteiger partial charge in [0.05, 0.1) is 11.7 Å². The third kappa shape index (κ3) is 4.23. The lowest BCUT2D eigenvalue weighted by Gasteiger charge is -2.25. The van der Waals surface area contributed by atoms with Gasteiger partial charge in [-0.15, -0.1) is 0 Å². The van der Waals surface area contributed by atoms with Crippen molar-refractivity contribution < 1.29 is 9.59 Å². The fourth-order valence-electron chi connectivity index (χ4n) is 2.73. The predicted octanol–water partition coefficient (Wildman–Crippen LogP) is 3.03. The Labute approximate surface area is 176 Å². The minimum Gasteiger partial charge on any atom is -0.297 e. The summed E-state index contributed by atoms with van der Waals surface area (Å²) < 4.78 is 0.942. The number of halogens is 1. The molecule has 1 saturated heterocycles. The number of nitrogens with zero attached hydrogens (tertiary/aromatic N) is 3. The molecule has 3 rings (SSSR count). The average molecular weight is 492 g/mol. The van der Waals surface area contributed by atoms with E-state index in [0.29, 0.717) is 5.56 Å². The molecule has 0 aliphatic carbocycles.